The Balaban J connectivity index is 1.55. The molecule has 1 unspecified atom stereocenters. The van der Waals surface area contributed by atoms with Crippen LogP contribution in [0.25, 0.3) is 0 Å². The quantitative estimate of drug-likeness (QED) is 0.854. The number of rotatable bonds is 4. The number of carbonyl (C=O) groups excluding carboxylic acids is 1. The average Bonchev–Trinajstić information content (AvgIpc) is 2.93. The molecular weight excluding hydrogens is 304 g/mol. The normalized spacial score (nSPS) is 24.4. The second-order valence-electron chi connectivity index (χ2n) is 6.42. The van der Waals surface area contributed by atoms with E-state index in [0.717, 1.165) is 51.1 Å². The van der Waals surface area contributed by atoms with Gasteiger partial charge in [-0.25, -0.2) is 0 Å². The zero-order valence-corrected chi connectivity index (χ0v) is 13.0. The highest BCUT2D eigenvalue weighted by molar-refractivity contribution is 5.79. The van der Waals surface area contributed by atoms with Gasteiger partial charge in [-0.1, -0.05) is 12.1 Å². The number of halogens is 2. The first kappa shape index (κ1) is 16.2. The zero-order valence-electron chi connectivity index (χ0n) is 13.0. The minimum atomic E-state index is -2.83. The summed E-state index contributed by atoms with van der Waals surface area (Å²) in [5.41, 5.74) is 0.945. The molecule has 1 atom stereocenters. The molecule has 6 heteroatoms. The van der Waals surface area contributed by atoms with Crippen molar-refractivity contribution in [1.82, 2.24) is 4.90 Å². The van der Waals surface area contributed by atoms with Gasteiger partial charge >= 0.3 is 6.61 Å². The number of ether oxygens (including phenoxy) is 2. The summed E-state index contributed by atoms with van der Waals surface area (Å²) < 4.78 is 34.1. The molecule has 1 aromatic rings. The molecule has 2 aliphatic rings. The van der Waals surface area contributed by atoms with E-state index >= 15 is 0 Å². The molecule has 1 spiro atoms. The van der Waals surface area contributed by atoms with Crippen LogP contribution in [-0.4, -0.2) is 43.7 Å². The van der Waals surface area contributed by atoms with Gasteiger partial charge in [0.15, 0.2) is 0 Å². The fraction of sp³-hybridized carbons (Fsp3) is 0.588. The number of nitrogens with zero attached hydrogens (tertiary/aromatic N) is 1. The maximum absolute atomic E-state index is 12.4. The summed E-state index contributed by atoms with van der Waals surface area (Å²) >= 11 is 0. The lowest BCUT2D eigenvalue weighted by molar-refractivity contribution is -0.130. The third kappa shape index (κ3) is 3.99. The molecule has 3 rings (SSSR count). The number of alkyl halides is 2. The summed E-state index contributed by atoms with van der Waals surface area (Å²) in [7, 11) is 0. The van der Waals surface area contributed by atoms with Crippen molar-refractivity contribution in [3.63, 3.8) is 0 Å². The third-order valence-corrected chi connectivity index (χ3v) is 4.70. The molecule has 0 aromatic heterocycles. The Labute approximate surface area is 134 Å². The third-order valence-electron chi connectivity index (χ3n) is 4.70. The topological polar surface area (TPSA) is 38.8 Å². The average molecular weight is 325 g/mol. The first-order valence-corrected chi connectivity index (χ1v) is 7.96. The highest BCUT2D eigenvalue weighted by atomic mass is 19.3. The van der Waals surface area contributed by atoms with Crippen molar-refractivity contribution >= 4 is 5.91 Å². The van der Waals surface area contributed by atoms with Gasteiger partial charge in [-0.3, -0.25) is 4.79 Å². The van der Waals surface area contributed by atoms with E-state index in [1.807, 2.05) is 4.90 Å². The lowest BCUT2D eigenvalue weighted by Gasteiger charge is -2.33. The van der Waals surface area contributed by atoms with Crippen LogP contribution in [0.3, 0.4) is 0 Å². The van der Waals surface area contributed by atoms with Crippen LogP contribution < -0.4 is 4.74 Å². The van der Waals surface area contributed by atoms with E-state index in [4.69, 9.17) is 4.74 Å². The summed E-state index contributed by atoms with van der Waals surface area (Å²) in [6.07, 6.45) is 3.47. The number of amides is 1. The molecule has 0 bridgehead atoms. The molecule has 1 aromatic carbocycles. The van der Waals surface area contributed by atoms with E-state index in [9.17, 15) is 13.6 Å². The van der Waals surface area contributed by atoms with Crippen molar-refractivity contribution < 1.29 is 23.0 Å². The van der Waals surface area contributed by atoms with Gasteiger partial charge < -0.3 is 14.4 Å². The first-order chi connectivity index (χ1) is 11.1. The van der Waals surface area contributed by atoms with Gasteiger partial charge in [0, 0.05) is 25.1 Å². The van der Waals surface area contributed by atoms with Crippen LogP contribution in [0.2, 0.25) is 0 Å². The van der Waals surface area contributed by atoms with Crippen molar-refractivity contribution in [3.05, 3.63) is 29.8 Å². The Morgan fingerprint density at radius 2 is 2.09 bits per heavy atom. The second kappa shape index (κ2) is 6.83. The molecule has 0 N–H and O–H groups in total. The highest BCUT2D eigenvalue weighted by Gasteiger charge is 2.41. The maximum Gasteiger partial charge on any atom is 0.387 e. The molecule has 1 amide bonds. The Hall–Kier alpha value is -1.69. The van der Waals surface area contributed by atoms with Gasteiger partial charge in [0.25, 0.3) is 0 Å². The fourth-order valence-electron chi connectivity index (χ4n) is 3.46. The van der Waals surface area contributed by atoms with Gasteiger partial charge in [-0.05, 0) is 37.0 Å². The molecule has 126 valence electrons. The predicted octanol–water partition coefficient (Wildman–Crippen LogP) is 2.86. The summed E-state index contributed by atoms with van der Waals surface area (Å²) in [6, 6.07) is 6.25. The summed E-state index contributed by atoms with van der Waals surface area (Å²) in [5, 5.41) is 0. The van der Waals surface area contributed by atoms with Crippen LogP contribution in [-0.2, 0) is 16.0 Å². The van der Waals surface area contributed by atoms with Crippen LogP contribution in [0, 0.1) is 5.41 Å². The van der Waals surface area contributed by atoms with Crippen LogP contribution in [0.15, 0.2) is 24.3 Å². The van der Waals surface area contributed by atoms with Gasteiger partial charge in [0.1, 0.15) is 5.75 Å². The first-order valence-electron chi connectivity index (χ1n) is 7.96. The number of carbonyl (C=O) groups is 1. The second-order valence-corrected chi connectivity index (χ2v) is 6.42. The van der Waals surface area contributed by atoms with Gasteiger partial charge in [-0.15, -0.1) is 0 Å². The van der Waals surface area contributed by atoms with Crippen LogP contribution in [0.5, 0.6) is 5.75 Å². The van der Waals surface area contributed by atoms with E-state index < -0.39 is 6.61 Å². The number of hydrogen-bond donors (Lipinski definition) is 0. The van der Waals surface area contributed by atoms with Gasteiger partial charge in [-0.2, -0.15) is 8.78 Å². The molecule has 0 aliphatic carbocycles. The highest BCUT2D eigenvalue weighted by Crippen LogP contribution is 2.38. The van der Waals surface area contributed by atoms with Crippen LogP contribution >= 0.6 is 0 Å². The Morgan fingerprint density at radius 3 is 2.74 bits per heavy atom. The molecular formula is C17H21F2NO3. The fourth-order valence-corrected chi connectivity index (χ4v) is 3.46. The summed E-state index contributed by atoms with van der Waals surface area (Å²) in [5.74, 6) is 0.186. The summed E-state index contributed by atoms with van der Waals surface area (Å²) in [6.45, 7) is 0.271. The standard InChI is InChI=1S/C17H21F2NO3/c18-16(19)23-14-4-2-13(3-5-14)10-15(21)20-8-7-17(11-20)6-1-9-22-12-17/h2-5,16H,1,6-12H2. The zero-order chi connectivity index (χ0) is 16.3. The van der Waals surface area contributed by atoms with Crippen LogP contribution in [0.1, 0.15) is 24.8 Å². The predicted molar refractivity (Wildman–Crippen MR) is 80.5 cm³/mol. The smallest absolute Gasteiger partial charge is 0.387 e. The van der Waals surface area contributed by atoms with E-state index in [0.29, 0.717) is 0 Å². The summed E-state index contributed by atoms with van der Waals surface area (Å²) in [4.78, 5) is 14.3. The van der Waals surface area contributed by atoms with E-state index in [1.54, 1.807) is 12.1 Å². The SMILES string of the molecule is O=C(Cc1ccc(OC(F)F)cc1)N1CCC2(CCCOC2)C1. The van der Waals surface area contributed by atoms with Crippen LogP contribution in [0.4, 0.5) is 8.78 Å². The van der Waals surface area contributed by atoms with E-state index in [1.165, 1.54) is 12.1 Å². The minimum Gasteiger partial charge on any atom is -0.435 e. The van der Waals surface area contributed by atoms with E-state index in [2.05, 4.69) is 4.74 Å². The van der Waals surface area contributed by atoms with Crippen molar-refractivity contribution in [2.24, 2.45) is 5.41 Å². The van der Waals surface area contributed by atoms with Crippen molar-refractivity contribution in [3.8, 4) is 5.75 Å². The van der Waals surface area contributed by atoms with Crippen molar-refractivity contribution in [1.29, 1.82) is 0 Å². The number of benzene rings is 1. The molecule has 2 fully saturated rings. The molecule has 0 saturated carbocycles. The van der Waals surface area contributed by atoms with Crippen molar-refractivity contribution in [2.75, 3.05) is 26.3 Å². The monoisotopic (exact) mass is 325 g/mol. The maximum atomic E-state index is 12.4. The van der Waals surface area contributed by atoms with Gasteiger partial charge in [0.2, 0.25) is 5.91 Å². The molecule has 2 saturated heterocycles. The molecule has 0 radical (unpaired) electrons. The molecule has 4 nitrogen and oxygen atoms in total. The van der Waals surface area contributed by atoms with Crippen molar-refractivity contribution in [2.45, 2.75) is 32.3 Å². The Morgan fingerprint density at radius 1 is 1.30 bits per heavy atom. The number of hydrogen-bond acceptors (Lipinski definition) is 3. The van der Waals surface area contributed by atoms with E-state index in [-0.39, 0.29) is 23.5 Å². The lowest BCUT2D eigenvalue weighted by atomic mass is 9.82. The van der Waals surface area contributed by atoms with Gasteiger partial charge in [0.05, 0.1) is 13.0 Å². The lowest BCUT2D eigenvalue weighted by Crippen LogP contribution is -2.37. The Bertz CT molecular complexity index is 541. The molecule has 2 heterocycles. The minimum absolute atomic E-state index is 0.0787. The number of likely N-dealkylation sites (tertiary alicyclic amines) is 1. The largest absolute Gasteiger partial charge is 0.435 e. The molecule has 2 aliphatic heterocycles. The Kier molecular flexibility index (Phi) is 4.80. The molecule has 23 heavy (non-hydrogen) atoms.